The number of fused-ring (bicyclic) bond motifs is 3. The van der Waals surface area contributed by atoms with Crippen LogP contribution in [0.4, 0.5) is 14.6 Å². The monoisotopic (exact) mass is 544 g/mol. The van der Waals surface area contributed by atoms with Gasteiger partial charge in [-0.2, -0.15) is 9.97 Å². The maximum atomic E-state index is 15.4. The van der Waals surface area contributed by atoms with Gasteiger partial charge in [0.15, 0.2) is 11.6 Å². The highest BCUT2D eigenvalue weighted by Gasteiger charge is 2.50. The molecule has 4 aliphatic heterocycles. The Kier molecular flexibility index (Phi) is 5.36. The Morgan fingerprint density at radius 1 is 1.36 bits per heavy atom. The van der Waals surface area contributed by atoms with Crippen LogP contribution in [0.25, 0.3) is 10.9 Å². The molecule has 1 aromatic heterocycles. The Bertz CT molecular complexity index is 1130. The SMILES string of the molecule is COCC1CC2COc3c(Cl)c(Br)c(F)c4nc(OC[C@@]56CCCN5C[C@H](F)C6)nc(c34)N12. The molecule has 0 spiro atoms. The van der Waals surface area contributed by atoms with Crippen LogP contribution in [0.2, 0.25) is 5.02 Å². The standard InChI is InChI=1S/C22H24BrClF2N4O3/c1-31-8-12-5-13-9-32-19-14-18(17(26)15(23)16(19)24)27-21(28-20(14)30(12)13)33-10-22-3-2-4-29(22)7-11(25)6-22/h11-13H,2-10H2,1H3/t11-,12?,13?,22+/m1/s1. The molecule has 3 fully saturated rings. The lowest BCUT2D eigenvalue weighted by molar-refractivity contribution is 0.107. The molecule has 0 amide bonds. The van der Waals surface area contributed by atoms with Crippen molar-refractivity contribution in [3.63, 3.8) is 0 Å². The molecule has 2 aromatic rings. The fourth-order valence-corrected chi connectivity index (χ4v) is 6.56. The van der Waals surface area contributed by atoms with Crippen LogP contribution in [0.1, 0.15) is 25.7 Å². The second-order valence-electron chi connectivity index (χ2n) is 9.41. The number of hydrogen-bond acceptors (Lipinski definition) is 7. The molecular weight excluding hydrogens is 522 g/mol. The van der Waals surface area contributed by atoms with E-state index in [1.165, 1.54) is 0 Å². The van der Waals surface area contributed by atoms with Gasteiger partial charge >= 0.3 is 6.01 Å². The van der Waals surface area contributed by atoms with E-state index in [2.05, 4.69) is 30.7 Å². The number of hydrogen-bond donors (Lipinski definition) is 0. The maximum absolute atomic E-state index is 15.4. The van der Waals surface area contributed by atoms with Crippen LogP contribution < -0.4 is 14.4 Å². The Balaban J connectivity index is 1.43. The van der Waals surface area contributed by atoms with Gasteiger partial charge in [0.2, 0.25) is 0 Å². The number of anilines is 1. The first-order valence-corrected chi connectivity index (χ1v) is 12.4. The second-order valence-corrected chi connectivity index (χ2v) is 10.6. The van der Waals surface area contributed by atoms with E-state index in [1.807, 2.05) is 0 Å². The molecule has 0 bridgehead atoms. The Morgan fingerprint density at radius 2 is 2.21 bits per heavy atom. The lowest BCUT2D eigenvalue weighted by Crippen LogP contribution is -2.60. The van der Waals surface area contributed by atoms with Gasteiger partial charge in [-0.05, 0) is 41.7 Å². The third-order valence-corrected chi connectivity index (χ3v) is 8.81. The highest BCUT2D eigenvalue weighted by Crippen LogP contribution is 2.49. The van der Waals surface area contributed by atoms with Crippen LogP contribution in [-0.2, 0) is 4.74 Å². The summed E-state index contributed by atoms with van der Waals surface area (Å²) in [4.78, 5) is 13.4. The van der Waals surface area contributed by atoms with Crippen molar-refractivity contribution in [3.8, 4) is 11.8 Å². The summed E-state index contributed by atoms with van der Waals surface area (Å²) in [5.74, 6) is 0.303. The zero-order valence-corrected chi connectivity index (χ0v) is 20.5. The second kappa shape index (κ2) is 8.03. The van der Waals surface area contributed by atoms with Crippen molar-refractivity contribution in [2.75, 3.05) is 44.9 Å². The van der Waals surface area contributed by atoms with Crippen molar-refractivity contribution >= 4 is 44.3 Å². The van der Waals surface area contributed by atoms with E-state index in [1.54, 1.807) is 7.11 Å². The number of ether oxygens (including phenoxy) is 3. The summed E-state index contributed by atoms with van der Waals surface area (Å²) in [7, 11) is 1.65. The minimum absolute atomic E-state index is 0.0625. The minimum atomic E-state index is -0.858. The molecule has 5 heterocycles. The van der Waals surface area contributed by atoms with Crippen LogP contribution in [0.3, 0.4) is 0 Å². The first kappa shape index (κ1) is 22.0. The van der Waals surface area contributed by atoms with Gasteiger partial charge in [0.25, 0.3) is 0 Å². The Labute approximate surface area is 203 Å². The van der Waals surface area contributed by atoms with Crippen molar-refractivity contribution in [2.45, 2.75) is 49.5 Å². The van der Waals surface area contributed by atoms with E-state index in [4.69, 9.17) is 30.8 Å². The molecule has 178 valence electrons. The van der Waals surface area contributed by atoms with Gasteiger partial charge in [-0.15, -0.1) is 0 Å². The highest BCUT2D eigenvalue weighted by atomic mass is 79.9. The first-order chi connectivity index (χ1) is 15.9. The number of rotatable bonds is 5. The molecule has 3 saturated heterocycles. The number of alkyl halides is 1. The zero-order chi connectivity index (χ0) is 22.9. The van der Waals surface area contributed by atoms with Crippen LogP contribution in [-0.4, -0.2) is 78.7 Å². The molecule has 6 rings (SSSR count). The van der Waals surface area contributed by atoms with Gasteiger partial charge in [-0.3, -0.25) is 4.90 Å². The molecule has 4 aliphatic rings. The quantitative estimate of drug-likeness (QED) is 0.524. The third-order valence-electron chi connectivity index (χ3n) is 7.47. The van der Waals surface area contributed by atoms with Gasteiger partial charge < -0.3 is 19.1 Å². The summed E-state index contributed by atoms with van der Waals surface area (Å²) >= 11 is 9.69. The van der Waals surface area contributed by atoms with E-state index in [0.29, 0.717) is 43.1 Å². The number of methoxy groups -OCH3 is 1. The van der Waals surface area contributed by atoms with Gasteiger partial charge in [-0.25, -0.2) is 8.78 Å². The van der Waals surface area contributed by atoms with Gasteiger partial charge in [0.05, 0.1) is 34.1 Å². The zero-order valence-electron chi connectivity index (χ0n) is 18.1. The van der Waals surface area contributed by atoms with Crippen molar-refractivity contribution in [1.29, 1.82) is 0 Å². The largest absolute Gasteiger partial charge is 0.489 e. The number of benzene rings is 1. The molecule has 1 aromatic carbocycles. The van der Waals surface area contributed by atoms with Crippen molar-refractivity contribution in [1.82, 2.24) is 14.9 Å². The number of halogens is 4. The lowest BCUT2D eigenvalue weighted by Gasteiger charge is -2.48. The van der Waals surface area contributed by atoms with Crippen molar-refractivity contribution in [3.05, 3.63) is 15.3 Å². The van der Waals surface area contributed by atoms with E-state index >= 15 is 4.39 Å². The van der Waals surface area contributed by atoms with Gasteiger partial charge in [0, 0.05) is 20.1 Å². The van der Waals surface area contributed by atoms with E-state index < -0.39 is 12.0 Å². The molecule has 7 nitrogen and oxygen atoms in total. The van der Waals surface area contributed by atoms with Gasteiger partial charge in [0.1, 0.15) is 35.7 Å². The Morgan fingerprint density at radius 3 is 3.03 bits per heavy atom. The minimum Gasteiger partial charge on any atom is -0.489 e. The predicted molar refractivity (Wildman–Crippen MR) is 123 cm³/mol. The summed E-state index contributed by atoms with van der Waals surface area (Å²) in [5, 5.41) is 0.589. The normalized spacial score (nSPS) is 30.6. The average molecular weight is 546 g/mol. The van der Waals surface area contributed by atoms with E-state index in [0.717, 1.165) is 25.8 Å². The van der Waals surface area contributed by atoms with E-state index in [9.17, 15) is 4.39 Å². The highest BCUT2D eigenvalue weighted by molar-refractivity contribution is 9.10. The molecular formula is C22H24BrClF2N4O3. The van der Waals surface area contributed by atoms with E-state index in [-0.39, 0.29) is 45.3 Å². The molecule has 0 saturated carbocycles. The van der Waals surface area contributed by atoms with Crippen LogP contribution in [0, 0.1) is 5.82 Å². The fourth-order valence-electron chi connectivity index (χ4n) is 5.96. The summed E-state index contributed by atoms with van der Waals surface area (Å²) in [6.45, 7) is 2.47. The van der Waals surface area contributed by atoms with Crippen molar-refractivity contribution in [2.24, 2.45) is 0 Å². The number of aromatic nitrogens is 2. The third kappa shape index (κ3) is 3.31. The maximum Gasteiger partial charge on any atom is 0.319 e. The molecule has 0 aliphatic carbocycles. The molecule has 33 heavy (non-hydrogen) atoms. The Hall–Kier alpha value is -1.49. The molecule has 11 heteroatoms. The molecule has 0 N–H and O–H groups in total. The smallest absolute Gasteiger partial charge is 0.319 e. The first-order valence-electron chi connectivity index (χ1n) is 11.2. The van der Waals surface area contributed by atoms with Crippen molar-refractivity contribution < 1.29 is 23.0 Å². The summed E-state index contributed by atoms with van der Waals surface area (Å²) in [6.07, 6.45) is 2.31. The topological polar surface area (TPSA) is 60.0 Å². The lowest BCUT2D eigenvalue weighted by atomic mass is 9.93. The number of nitrogens with zero attached hydrogens (tertiary/aromatic N) is 4. The predicted octanol–water partition coefficient (Wildman–Crippen LogP) is 4.13. The summed E-state index contributed by atoms with van der Waals surface area (Å²) in [5.41, 5.74) is -0.266. The summed E-state index contributed by atoms with van der Waals surface area (Å²) in [6, 6.07) is 0.216. The van der Waals surface area contributed by atoms with Crippen LogP contribution >= 0.6 is 27.5 Å². The summed E-state index contributed by atoms with van der Waals surface area (Å²) < 4.78 is 47.1. The van der Waals surface area contributed by atoms with Crippen LogP contribution in [0.15, 0.2) is 4.47 Å². The fraction of sp³-hybridized carbons (Fsp3) is 0.636. The molecule has 4 atom stereocenters. The molecule has 2 unspecified atom stereocenters. The van der Waals surface area contributed by atoms with Gasteiger partial charge in [-0.1, -0.05) is 11.6 Å². The average Bonchev–Trinajstić information content (AvgIpc) is 3.26. The van der Waals surface area contributed by atoms with Crippen LogP contribution in [0.5, 0.6) is 11.8 Å². The molecule has 0 radical (unpaired) electrons.